The van der Waals surface area contributed by atoms with E-state index in [9.17, 15) is 0 Å². The number of hydrogen-bond acceptors (Lipinski definition) is 2. The summed E-state index contributed by atoms with van der Waals surface area (Å²) in [6, 6.07) is 0. The Bertz CT molecular complexity index is 250. The Kier molecular flexibility index (Phi) is 4.98. The number of hydrogen-bond donors (Lipinski definition) is 0. The van der Waals surface area contributed by atoms with Crippen LogP contribution in [-0.2, 0) is 6.42 Å². The minimum absolute atomic E-state index is 1.03. The predicted octanol–water partition coefficient (Wildman–Crippen LogP) is 3.36. The van der Waals surface area contributed by atoms with Gasteiger partial charge in [-0.25, -0.2) is 9.97 Å². The van der Waals surface area contributed by atoms with Gasteiger partial charge in [0.1, 0.15) is 6.33 Å². The van der Waals surface area contributed by atoms with E-state index in [4.69, 9.17) is 0 Å². The Labute approximate surface area is 87.9 Å². The van der Waals surface area contributed by atoms with E-state index >= 15 is 0 Å². The van der Waals surface area contributed by atoms with Crippen molar-refractivity contribution in [2.75, 3.05) is 0 Å². The Morgan fingerprint density at radius 2 is 2.15 bits per heavy atom. The second-order valence-corrected chi connectivity index (χ2v) is 3.98. The maximum absolute atomic E-state index is 4.22. The van der Waals surface area contributed by atoms with Gasteiger partial charge in [-0.1, -0.05) is 26.2 Å². The number of nitrogens with zero attached hydrogens (tertiary/aromatic N) is 2. The molecule has 0 saturated carbocycles. The van der Waals surface area contributed by atoms with Crippen LogP contribution in [0.2, 0.25) is 0 Å². The summed E-state index contributed by atoms with van der Waals surface area (Å²) in [5.74, 6) is 0. The fourth-order valence-electron chi connectivity index (χ4n) is 1.24. The van der Waals surface area contributed by atoms with Gasteiger partial charge in [0, 0.05) is 6.20 Å². The fourth-order valence-corrected chi connectivity index (χ4v) is 1.66. The predicted molar refractivity (Wildman–Crippen MR) is 57.6 cm³/mol. The van der Waals surface area contributed by atoms with Crippen LogP contribution in [0, 0.1) is 0 Å². The number of unbranched alkanes of at least 4 members (excludes halogenated alkanes) is 3. The molecule has 0 N–H and O–H groups in total. The van der Waals surface area contributed by atoms with E-state index in [1.807, 2.05) is 6.20 Å². The second kappa shape index (κ2) is 6.08. The highest BCUT2D eigenvalue weighted by atomic mass is 79.9. The molecular weight excluding hydrogens is 228 g/mol. The van der Waals surface area contributed by atoms with E-state index in [2.05, 4.69) is 32.8 Å². The lowest BCUT2D eigenvalue weighted by molar-refractivity contribution is 0.658. The van der Waals surface area contributed by atoms with E-state index in [1.165, 1.54) is 25.7 Å². The van der Waals surface area contributed by atoms with Crippen molar-refractivity contribution in [3.05, 3.63) is 22.7 Å². The van der Waals surface area contributed by atoms with Crippen molar-refractivity contribution in [1.82, 2.24) is 9.97 Å². The molecule has 0 radical (unpaired) electrons. The van der Waals surface area contributed by atoms with Crippen LogP contribution in [0.5, 0.6) is 0 Å². The van der Waals surface area contributed by atoms with Crippen molar-refractivity contribution in [3.63, 3.8) is 0 Å². The van der Waals surface area contributed by atoms with Crippen molar-refractivity contribution in [2.45, 2.75) is 39.0 Å². The molecule has 72 valence electrons. The molecule has 1 aromatic rings. The van der Waals surface area contributed by atoms with Gasteiger partial charge in [0.25, 0.3) is 0 Å². The third-order valence-corrected chi connectivity index (χ3v) is 2.67. The van der Waals surface area contributed by atoms with Crippen molar-refractivity contribution in [1.29, 1.82) is 0 Å². The van der Waals surface area contributed by atoms with Crippen LogP contribution >= 0.6 is 15.9 Å². The molecule has 0 spiro atoms. The van der Waals surface area contributed by atoms with Crippen LogP contribution in [-0.4, -0.2) is 9.97 Å². The van der Waals surface area contributed by atoms with Gasteiger partial charge in [-0.3, -0.25) is 0 Å². The molecule has 1 heterocycles. The van der Waals surface area contributed by atoms with Gasteiger partial charge in [-0.05, 0) is 28.8 Å². The topological polar surface area (TPSA) is 25.8 Å². The van der Waals surface area contributed by atoms with Gasteiger partial charge in [-0.2, -0.15) is 0 Å². The lowest BCUT2D eigenvalue weighted by Gasteiger charge is -2.01. The fraction of sp³-hybridized carbons (Fsp3) is 0.600. The molecule has 0 atom stereocenters. The normalized spacial score (nSPS) is 10.3. The molecule has 0 aliphatic heterocycles. The summed E-state index contributed by atoms with van der Waals surface area (Å²) in [5, 5.41) is 0. The zero-order chi connectivity index (χ0) is 9.52. The van der Waals surface area contributed by atoms with Gasteiger partial charge in [0.15, 0.2) is 0 Å². The third-order valence-electron chi connectivity index (χ3n) is 2.01. The van der Waals surface area contributed by atoms with Gasteiger partial charge in [-0.15, -0.1) is 0 Å². The molecule has 0 bridgehead atoms. The van der Waals surface area contributed by atoms with Crippen LogP contribution in [0.1, 0.15) is 38.3 Å². The van der Waals surface area contributed by atoms with Gasteiger partial charge >= 0.3 is 0 Å². The summed E-state index contributed by atoms with van der Waals surface area (Å²) in [4.78, 5) is 8.15. The minimum atomic E-state index is 1.03. The van der Waals surface area contributed by atoms with E-state index in [1.54, 1.807) is 6.33 Å². The maximum atomic E-state index is 4.22. The molecule has 0 unspecified atom stereocenters. The Morgan fingerprint density at radius 1 is 1.31 bits per heavy atom. The van der Waals surface area contributed by atoms with E-state index in [0.717, 1.165) is 16.6 Å². The average molecular weight is 243 g/mol. The average Bonchev–Trinajstić information content (AvgIpc) is 2.15. The van der Waals surface area contributed by atoms with Crippen molar-refractivity contribution >= 4 is 15.9 Å². The molecule has 0 aromatic carbocycles. The third kappa shape index (κ3) is 3.85. The first-order valence-electron chi connectivity index (χ1n) is 4.79. The van der Waals surface area contributed by atoms with Gasteiger partial charge < -0.3 is 0 Å². The largest absolute Gasteiger partial charge is 0.244 e. The van der Waals surface area contributed by atoms with Crippen molar-refractivity contribution in [3.8, 4) is 0 Å². The Morgan fingerprint density at radius 3 is 2.85 bits per heavy atom. The first-order valence-corrected chi connectivity index (χ1v) is 5.58. The lowest BCUT2D eigenvalue weighted by Crippen LogP contribution is -1.92. The second-order valence-electron chi connectivity index (χ2n) is 3.13. The summed E-state index contributed by atoms with van der Waals surface area (Å²) in [6.45, 7) is 2.22. The van der Waals surface area contributed by atoms with Crippen LogP contribution in [0.15, 0.2) is 17.0 Å². The summed E-state index contributed by atoms with van der Waals surface area (Å²) < 4.78 is 1.03. The molecule has 0 amide bonds. The quantitative estimate of drug-likeness (QED) is 0.741. The monoisotopic (exact) mass is 242 g/mol. The molecule has 1 rings (SSSR count). The van der Waals surface area contributed by atoms with E-state index < -0.39 is 0 Å². The standard InChI is InChI=1S/C10H15BrN2/c1-2-3-4-5-6-10-9(11)7-12-8-13-10/h7-8H,2-6H2,1H3. The molecule has 0 saturated heterocycles. The van der Waals surface area contributed by atoms with Crippen molar-refractivity contribution < 1.29 is 0 Å². The SMILES string of the molecule is CCCCCCc1ncncc1Br. The van der Waals surface area contributed by atoms with E-state index in [-0.39, 0.29) is 0 Å². The van der Waals surface area contributed by atoms with Gasteiger partial charge in [0.2, 0.25) is 0 Å². The number of halogens is 1. The molecule has 0 aliphatic carbocycles. The highest BCUT2D eigenvalue weighted by molar-refractivity contribution is 9.10. The molecule has 0 fully saturated rings. The van der Waals surface area contributed by atoms with E-state index in [0.29, 0.717) is 0 Å². The number of aryl methyl sites for hydroxylation is 1. The van der Waals surface area contributed by atoms with Crippen LogP contribution < -0.4 is 0 Å². The highest BCUT2D eigenvalue weighted by Crippen LogP contribution is 2.14. The number of rotatable bonds is 5. The Balaban J connectivity index is 2.32. The Hall–Kier alpha value is -0.440. The van der Waals surface area contributed by atoms with Gasteiger partial charge in [0.05, 0.1) is 10.2 Å². The molecule has 0 aliphatic rings. The van der Waals surface area contributed by atoms with Crippen LogP contribution in [0.4, 0.5) is 0 Å². The first kappa shape index (κ1) is 10.6. The highest BCUT2D eigenvalue weighted by Gasteiger charge is 1.99. The molecule has 13 heavy (non-hydrogen) atoms. The first-order chi connectivity index (χ1) is 6.34. The molecule has 3 heteroatoms. The zero-order valence-electron chi connectivity index (χ0n) is 7.96. The number of aromatic nitrogens is 2. The molecule has 1 aromatic heterocycles. The van der Waals surface area contributed by atoms with Crippen molar-refractivity contribution in [2.24, 2.45) is 0 Å². The molecular formula is C10H15BrN2. The van der Waals surface area contributed by atoms with Crippen LogP contribution in [0.3, 0.4) is 0 Å². The minimum Gasteiger partial charge on any atom is -0.244 e. The van der Waals surface area contributed by atoms with Crippen LogP contribution in [0.25, 0.3) is 0 Å². The lowest BCUT2D eigenvalue weighted by atomic mass is 10.1. The summed E-state index contributed by atoms with van der Waals surface area (Å²) >= 11 is 3.44. The maximum Gasteiger partial charge on any atom is 0.115 e. The smallest absolute Gasteiger partial charge is 0.115 e. The molecule has 2 nitrogen and oxygen atoms in total. The summed E-state index contributed by atoms with van der Waals surface area (Å²) in [6.07, 6.45) is 9.61. The summed E-state index contributed by atoms with van der Waals surface area (Å²) in [5.41, 5.74) is 1.13. The summed E-state index contributed by atoms with van der Waals surface area (Å²) in [7, 11) is 0. The zero-order valence-corrected chi connectivity index (χ0v) is 9.55.